The monoisotopic (exact) mass is 361 g/mol. The van der Waals surface area contributed by atoms with E-state index in [0.29, 0.717) is 18.1 Å². The smallest absolute Gasteiger partial charge is 0.407 e. The summed E-state index contributed by atoms with van der Waals surface area (Å²) in [6, 6.07) is -0.355. The lowest BCUT2D eigenvalue weighted by molar-refractivity contribution is 0.0426. The first-order chi connectivity index (χ1) is 10.6. The number of aliphatic hydroxyl groups is 1. The molecule has 0 radical (unpaired) electrons. The normalized spacial score (nSPS) is 14.6. The van der Waals surface area contributed by atoms with E-state index in [4.69, 9.17) is 4.74 Å². The van der Waals surface area contributed by atoms with Crippen molar-refractivity contribution in [3.05, 3.63) is 5.01 Å². The molecule has 1 heterocycles. The third-order valence-electron chi connectivity index (χ3n) is 2.78. The number of alkyl carbamates (subject to hydrolysis) is 1. The molecule has 0 aliphatic carbocycles. The van der Waals surface area contributed by atoms with Gasteiger partial charge in [-0.05, 0) is 40.0 Å². The van der Waals surface area contributed by atoms with Crippen molar-refractivity contribution in [1.29, 1.82) is 0 Å². The largest absolute Gasteiger partial charge is 0.444 e. The van der Waals surface area contributed by atoms with Gasteiger partial charge in [0.05, 0.1) is 12.1 Å². The van der Waals surface area contributed by atoms with Crippen LogP contribution in [0.25, 0.3) is 0 Å². The molecule has 0 bridgehead atoms. The zero-order valence-corrected chi connectivity index (χ0v) is 16.3. The molecule has 1 unspecified atom stereocenters. The van der Waals surface area contributed by atoms with Crippen molar-refractivity contribution in [3.63, 3.8) is 0 Å². The number of carbonyl (C=O) groups is 1. The van der Waals surface area contributed by atoms with E-state index in [1.54, 1.807) is 0 Å². The number of nitrogens with zero attached hydrogens (tertiary/aromatic N) is 2. The van der Waals surface area contributed by atoms with Gasteiger partial charge >= 0.3 is 6.09 Å². The van der Waals surface area contributed by atoms with Gasteiger partial charge in [-0.1, -0.05) is 36.9 Å². The second-order valence-electron chi connectivity index (χ2n) is 6.85. The molecule has 0 fully saturated rings. The zero-order chi connectivity index (χ0) is 17.6. The predicted molar refractivity (Wildman–Crippen MR) is 94.0 cm³/mol. The second kappa shape index (κ2) is 8.84. The molecule has 1 amide bonds. The van der Waals surface area contributed by atoms with Crippen molar-refractivity contribution >= 4 is 29.2 Å². The SMILES string of the molecule is Cc1nnc(SCC(O)[C@H](CC(C)C)NC(=O)OC(C)(C)C)s1. The maximum absolute atomic E-state index is 12.0. The number of aromatic nitrogens is 2. The standard InChI is InChI=1S/C15H27N3O3S2/c1-9(2)7-11(16-13(20)21-15(4,5)6)12(19)8-22-14-18-17-10(3)23-14/h9,11-12,19H,7-8H2,1-6H3,(H,16,20)/t11-,12?/m0/s1. The Morgan fingerprint density at radius 2 is 2.04 bits per heavy atom. The van der Waals surface area contributed by atoms with Crippen LogP contribution >= 0.6 is 23.1 Å². The first-order valence-electron chi connectivity index (χ1n) is 7.67. The van der Waals surface area contributed by atoms with Crippen LogP contribution in [0.3, 0.4) is 0 Å². The number of thioether (sulfide) groups is 1. The molecule has 2 N–H and O–H groups in total. The molecule has 0 saturated heterocycles. The highest BCUT2D eigenvalue weighted by Gasteiger charge is 2.25. The summed E-state index contributed by atoms with van der Waals surface area (Å²) in [6.07, 6.45) is -0.506. The van der Waals surface area contributed by atoms with E-state index >= 15 is 0 Å². The van der Waals surface area contributed by atoms with Crippen LogP contribution in [0.4, 0.5) is 4.79 Å². The maximum atomic E-state index is 12.0. The molecule has 0 aromatic carbocycles. The Kier molecular flexibility index (Phi) is 7.76. The number of carbonyl (C=O) groups excluding carboxylic acids is 1. The third-order valence-corrected chi connectivity index (χ3v) is 4.85. The highest BCUT2D eigenvalue weighted by atomic mass is 32.2. The van der Waals surface area contributed by atoms with Crippen LogP contribution in [0.2, 0.25) is 0 Å². The molecule has 23 heavy (non-hydrogen) atoms. The predicted octanol–water partition coefficient (Wildman–Crippen LogP) is 3.24. The molecule has 6 nitrogen and oxygen atoms in total. The first kappa shape index (κ1) is 20.2. The van der Waals surface area contributed by atoms with Gasteiger partial charge in [0, 0.05) is 5.75 Å². The van der Waals surface area contributed by atoms with Crippen LogP contribution in [-0.2, 0) is 4.74 Å². The summed E-state index contributed by atoms with van der Waals surface area (Å²) < 4.78 is 6.10. The zero-order valence-electron chi connectivity index (χ0n) is 14.6. The third kappa shape index (κ3) is 8.53. The van der Waals surface area contributed by atoms with E-state index in [0.717, 1.165) is 9.35 Å². The van der Waals surface area contributed by atoms with Crippen molar-refractivity contribution in [2.75, 3.05) is 5.75 Å². The Labute approximate surface area is 146 Å². The maximum Gasteiger partial charge on any atom is 0.407 e. The van der Waals surface area contributed by atoms with Crippen LogP contribution in [0.1, 0.15) is 46.0 Å². The summed E-state index contributed by atoms with van der Waals surface area (Å²) in [5.41, 5.74) is -0.559. The van der Waals surface area contributed by atoms with E-state index < -0.39 is 17.8 Å². The summed E-state index contributed by atoms with van der Waals surface area (Å²) in [4.78, 5) is 12.0. The average Bonchev–Trinajstić information content (AvgIpc) is 2.78. The van der Waals surface area contributed by atoms with Crippen molar-refractivity contribution in [2.45, 2.75) is 70.0 Å². The minimum atomic E-state index is -0.681. The molecule has 8 heteroatoms. The number of aliphatic hydroxyl groups excluding tert-OH is 1. The van der Waals surface area contributed by atoms with E-state index in [9.17, 15) is 9.90 Å². The van der Waals surface area contributed by atoms with Crippen LogP contribution in [0, 0.1) is 12.8 Å². The van der Waals surface area contributed by atoms with Crippen LogP contribution in [-0.4, -0.2) is 44.9 Å². The number of hydrogen-bond donors (Lipinski definition) is 2. The highest BCUT2D eigenvalue weighted by molar-refractivity contribution is 8.01. The van der Waals surface area contributed by atoms with Crippen LogP contribution in [0.5, 0.6) is 0 Å². The van der Waals surface area contributed by atoms with Gasteiger partial charge in [0.25, 0.3) is 0 Å². The Morgan fingerprint density at radius 3 is 2.52 bits per heavy atom. The number of ether oxygens (including phenoxy) is 1. The van der Waals surface area contributed by atoms with Gasteiger partial charge < -0.3 is 15.2 Å². The summed E-state index contributed by atoms with van der Waals surface area (Å²) in [6.45, 7) is 11.4. The minimum Gasteiger partial charge on any atom is -0.444 e. The van der Waals surface area contributed by atoms with Gasteiger partial charge in [0.1, 0.15) is 10.6 Å². The van der Waals surface area contributed by atoms with Crippen molar-refractivity contribution < 1.29 is 14.6 Å². The van der Waals surface area contributed by atoms with Gasteiger partial charge in [-0.3, -0.25) is 0 Å². The number of aryl methyl sites for hydroxylation is 1. The van der Waals surface area contributed by atoms with E-state index in [2.05, 4.69) is 29.4 Å². The minimum absolute atomic E-state index is 0.346. The molecular weight excluding hydrogens is 334 g/mol. The van der Waals surface area contributed by atoms with E-state index in [-0.39, 0.29) is 6.04 Å². The molecule has 2 atom stereocenters. The average molecular weight is 362 g/mol. The number of amides is 1. The summed E-state index contributed by atoms with van der Waals surface area (Å²) in [5.74, 6) is 0.792. The van der Waals surface area contributed by atoms with Gasteiger partial charge in [-0.15, -0.1) is 10.2 Å². The quantitative estimate of drug-likeness (QED) is 0.725. The Hall–Kier alpha value is -0.860. The number of nitrogens with one attached hydrogen (secondary N) is 1. The first-order valence-corrected chi connectivity index (χ1v) is 9.47. The van der Waals surface area contributed by atoms with E-state index in [1.165, 1.54) is 23.1 Å². The fourth-order valence-electron chi connectivity index (χ4n) is 1.89. The van der Waals surface area contributed by atoms with Crippen molar-refractivity contribution in [3.8, 4) is 0 Å². The molecule has 0 spiro atoms. The lowest BCUT2D eigenvalue weighted by Crippen LogP contribution is -2.47. The summed E-state index contributed by atoms with van der Waals surface area (Å²) in [7, 11) is 0. The lowest BCUT2D eigenvalue weighted by atomic mass is 10.0. The van der Waals surface area contributed by atoms with Gasteiger partial charge in [-0.2, -0.15) is 0 Å². The van der Waals surface area contributed by atoms with Gasteiger partial charge in [0.15, 0.2) is 4.34 Å². The fourth-order valence-corrected chi connectivity index (χ4v) is 3.75. The Bertz CT molecular complexity index is 500. The molecule has 1 aromatic rings. The second-order valence-corrected chi connectivity index (χ2v) is 9.30. The molecule has 0 saturated carbocycles. The highest BCUT2D eigenvalue weighted by Crippen LogP contribution is 2.24. The Morgan fingerprint density at radius 1 is 1.39 bits per heavy atom. The van der Waals surface area contributed by atoms with E-state index in [1.807, 2.05) is 27.7 Å². The van der Waals surface area contributed by atoms with Gasteiger partial charge in [-0.25, -0.2) is 4.79 Å². The molecule has 1 rings (SSSR count). The van der Waals surface area contributed by atoms with Crippen molar-refractivity contribution in [1.82, 2.24) is 15.5 Å². The number of hydrogen-bond acceptors (Lipinski definition) is 7. The molecule has 1 aromatic heterocycles. The molecule has 132 valence electrons. The molecular formula is C15H27N3O3S2. The molecule has 0 aliphatic rings. The lowest BCUT2D eigenvalue weighted by Gasteiger charge is -2.27. The molecule has 0 aliphatic heterocycles. The van der Waals surface area contributed by atoms with Crippen LogP contribution in [0.15, 0.2) is 4.34 Å². The summed E-state index contributed by atoms with van der Waals surface area (Å²) in [5, 5.41) is 22.1. The number of rotatable bonds is 7. The summed E-state index contributed by atoms with van der Waals surface area (Å²) >= 11 is 2.94. The van der Waals surface area contributed by atoms with Gasteiger partial charge in [0.2, 0.25) is 0 Å². The van der Waals surface area contributed by atoms with Crippen LogP contribution < -0.4 is 5.32 Å². The Balaban J connectivity index is 2.59. The van der Waals surface area contributed by atoms with Crippen molar-refractivity contribution in [2.24, 2.45) is 5.92 Å². The fraction of sp³-hybridized carbons (Fsp3) is 0.800. The topological polar surface area (TPSA) is 84.3 Å².